The van der Waals surface area contributed by atoms with Gasteiger partial charge >= 0.3 is 0 Å². The first kappa shape index (κ1) is 9.44. The van der Waals surface area contributed by atoms with Crippen LogP contribution in [0.15, 0.2) is 0 Å². The number of nitrogens with zero attached hydrogens (tertiary/aromatic N) is 2. The summed E-state index contributed by atoms with van der Waals surface area (Å²) in [5.41, 5.74) is 0.553. The van der Waals surface area contributed by atoms with E-state index >= 15 is 0 Å². The molecule has 3 heteroatoms. The van der Waals surface area contributed by atoms with Crippen LogP contribution in [0.3, 0.4) is 0 Å². The van der Waals surface area contributed by atoms with Gasteiger partial charge < -0.3 is 0 Å². The van der Waals surface area contributed by atoms with Crippen molar-refractivity contribution in [3.8, 4) is 0 Å². The molecule has 2 N–H and O–H groups in total. The number of hydrogen-bond acceptors (Lipinski definition) is 3. The van der Waals surface area contributed by atoms with Crippen LogP contribution in [0.1, 0.15) is 26.7 Å². The maximum atomic E-state index is 5.86. The van der Waals surface area contributed by atoms with Gasteiger partial charge in [0.25, 0.3) is 0 Å². The molecule has 0 bridgehead atoms. The minimum Gasteiger partial charge on any atom is -0.300 e. The predicted octanol–water partition coefficient (Wildman–Crippen LogP) is 0.666. The maximum absolute atomic E-state index is 5.86. The largest absolute Gasteiger partial charge is 0.300 e. The van der Waals surface area contributed by atoms with Crippen molar-refractivity contribution in [2.24, 2.45) is 11.3 Å². The molecule has 3 nitrogen and oxygen atoms in total. The van der Waals surface area contributed by atoms with Gasteiger partial charge in [-0.15, -0.1) is 0 Å². The second kappa shape index (κ2) is 3.23. The molecule has 0 aromatic carbocycles. The van der Waals surface area contributed by atoms with Crippen LogP contribution in [-0.2, 0) is 0 Å². The highest BCUT2D eigenvalue weighted by Gasteiger charge is 2.45. The van der Waals surface area contributed by atoms with Crippen LogP contribution in [0.5, 0.6) is 0 Å². The molecule has 1 spiro atoms. The van der Waals surface area contributed by atoms with Crippen LogP contribution in [0, 0.1) is 5.41 Å². The number of piperidine rings is 1. The molecule has 76 valence electrons. The number of hydrazine groups is 1. The van der Waals surface area contributed by atoms with Gasteiger partial charge in [-0.1, -0.05) is 0 Å². The summed E-state index contributed by atoms with van der Waals surface area (Å²) in [6, 6.07) is 0.707. The lowest BCUT2D eigenvalue weighted by molar-refractivity contribution is -0.0694. The van der Waals surface area contributed by atoms with E-state index < -0.39 is 0 Å². The molecule has 0 amide bonds. The van der Waals surface area contributed by atoms with Crippen LogP contribution in [-0.4, -0.2) is 42.1 Å². The van der Waals surface area contributed by atoms with Crippen molar-refractivity contribution in [3.63, 3.8) is 0 Å². The normalized spacial score (nSPS) is 29.5. The Hall–Kier alpha value is -0.120. The zero-order chi connectivity index (χ0) is 9.47. The fourth-order valence-corrected chi connectivity index (χ4v) is 2.68. The summed E-state index contributed by atoms with van der Waals surface area (Å²) in [7, 11) is 0. The van der Waals surface area contributed by atoms with E-state index in [0.717, 1.165) is 13.1 Å². The van der Waals surface area contributed by atoms with Crippen molar-refractivity contribution in [1.82, 2.24) is 9.91 Å². The first-order valence-electron chi connectivity index (χ1n) is 5.35. The smallest absolute Gasteiger partial charge is 0.0209 e. The predicted molar refractivity (Wildman–Crippen MR) is 54.1 cm³/mol. The Labute approximate surface area is 80.8 Å². The van der Waals surface area contributed by atoms with Gasteiger partial charge in [0.2, 0.25) is 0 Å². The van der Waals surface area contributed by atoms with Gasteiger partial charge in [-0.3, -0.25) is 10.7 Å². The van der Waals surface area contributed by atoms with E-state index in [4.69, 9.17) is 5.84 Å². The standard InChI is InChI=1S/C10H21N3/c1-9(2)12-6-10(7-12)4-3-5-13(11)8-10/h9H,3-8,11H2,1-2H3. The first-order chi connectivity index (χ1) is 6.11. The number of rotatable bonds is 1. The van der Waals surface area contributed by atoms with Crippen molar-refractivity contribution >= 4 is 0 Å². The van der Waals surface area contributed by atoms with E-state index in [-0.39, 0.29) is 0 Å². The second-order valence-electron chi connectivity index (χ2n) is 5.07. The monoisotopic (exact) mass is 183 g/mol. The molecule has 2 fully saturated rings. The highest BCUT2D eigenvalue weighted by molar-refractivity contribution is 4.99. The topological polar surface area (TPSA) is 32.5 Å². The second-order valence-corrected chi connectivity index (χ2v) is 5.07. The van der Waals surface area contributed by atoms with Gasteiger partial charge in [-0.05, 0) is 26.7 Å². The summed E-state index contributed by atoms with van der Waals surface area (Å²) in [6.07, 6.45) is 2.66. The number of nitrogens with two attached hydrogens (primary N) is 1. The van der Waals surface area contributed by atoms with Gasteiger partial charge in [0.1, 0.15) is 0 Å². The van der Waals surface area contributed by atoms with Crippen molar-refractivity contribution in [1.29, 1.82) is 0 Å². The lowest BCUT2D eigenvalue weighted by Gasteiger charge is -2.55. The van der Waals surface area contributed by atoms with Crippen LogP contribution in [0.2, 0.25) is 0 Å². The molecule has 2 heterocycles. The SMILES string of the molecule is CC(C)N1CC2(CCCN(N)C2)C1. The van der Waals surface area contributed by atoms with Crippen LogP contribution < -0.4 is 5.84 Å². The lowest BCUT2D eigenvalue weighted by Crippen LogP contribution is -2.65. The van der Waals surface area contributed by atoms with Gasteiger partial charge in [-0.2, -0.15) is 0 Å². The van der Waals surface area contributed by atoms with Crippen LogP contribution in [0.4, 0.5) is 0 Å². The summed E-state index contributed by atoms with van der Waals surface area (Å²) in [6.45, 7) is 9.27. The fourth-order valence-electron chi connectivity index (χ4n) is 2.68. The Balaban J connectivity index is 1.88. The Kier molecular flexibility index (Phi) is 2.34. The van der Waals surface area contributed by atoms with Crippen molar-refractivity contribution in [3.05, 3.63) is 0 Å². The van der Waals surface area contributed by atoms with Gasteiger partial charge in [-0.25, -0.2) is 5.01 Å². The number of likely N-dealkylation sites (tertiary alicyclic amines) is 1. The van der Waals surface area contributed by atoms with E-state index in [1.54, 1.807) is 0 Å². The lowest BCUT2D eigenvalue weighted by atomic mass is 9.73. The molecular weight excluding hydrogens is 162 g/mol. The zero-order valence-electron chi connectivity index (χ0n) is 8.79. The molecule has 2 aliphatic heterocycles. The molecule has 2 aliphatic rings. The fraction of sp³-hybridized carbons (Fsp3) is 1.00. The van der Waals surface area contributed by atoms with Gasteiger partial charge in [0, 0.05) is 37.6 Å². The van der Waals surface area contributed by atoms with Crippen molar-refractivity contribution in [2.75, 3.05) is 26.2 Å². The summed E-state index contributed by atoms with van der Waals surface area (Å²) < 4.78 is 0. The molecule has 0 aromatic rings. The Morgan fingerprint density at radius 1 is 1.23 bits per heavy atom. The first-order valence-corrected chi connectivity index (χ1v) is 5.35. The Bertz CT molecular complexity index is 185. The van der Waals surface area contributed by atoms with Gasteiger partial charge in [0.15, 0.2) is 0 Å². The average molecular weight is 183 g/mol. The van der Waals surface area contributed by atoms with E-state index in [1.165, 1.54) is 25.9 Å². The van der Waals surface area contributed by atoms with Crippen LogP contribution in [0.25, 0.3) is 0 Å². The molecule has 0 atom stereocenters. The third-order valence-electron chi connectivity index (χ3n) is 3.50. The Morgan fingerprint density at radius 3 is 2.46 bits per heavy atom. The molecule has 0 aliphatic carbocycles. The molecule has 13 heavy (non-hydrogen) atoms. The van der Waals surface area contributed by atoms with Gasteiger partial charge in [0.05, 0.1) is 0 Å². The summed E-state index contributed by atoms with van der Waals surface area (Å²) in [5, 5.41) is 2.00. The third kappa shape index (κ3) is 1.73. The number of hydrogen-bond donors (Lipinski definition) is 1. The molecular formula is C10H21N3. The molecule has 0 radical (unpaired) electrons. The summed E-state index contributed by atoms with van der Waals surface area (Å²) in [4.78, 5) is 2.54. The summed E-state index contributed by atoms with van der Waals surface area (Å²) >= 11 is 0. The quantitative estimate of drug-likeness (QED) is 0.606. The van der Waals surface area contributed by atoms with Crippen molar-refractivity contribution < 1.29 is 0 Å². The summed E-state index contributed by atoms with van der Waals surface area (Å²) in [5.74, 6) is 5.86. The molecule has 0 aromatic heterocycles. The molecule has 0 saturated carbocycles. The molecule has 2 saturated heterocycles. The van der Waals surface area contributed by atoms with Crippen molar-refractivity contribution in [2.45, 2.75) is 32.7 Å². The van der Waals surface area contributed by atoms with E-state index in [2.05, 4.69) is 18.7 Å². The molecule has 0 unspecified atom stereocenters. The highest BCUT2D eigenvalue weighted by Crippen LogP contribution is 2.38. The molecule has 2 rings (SSSR count). The van der Waals surface area contributed by atoms with Crippen LogP contribution >= 0.6 is 0 Å². The average Bonchev–Trinajstić information content (AvgIpc) is 1.99. The highest BCUT2D eigenvalue weighted by atomic mass is 15.4. The minimum absolute atomic E-state index is 0.553. The van der Waals surface area contributed by atoms with E-state index in [1.807, 2.05) is 5.01 Å². The van der Waals surface area contributed by atoms with E-state index in [0.29, 0.717) is 11.5 Å². The third-order valence-corrected chi connectivity index (χ3v) is 3.50. The minimum atomic E-state index is 0.553. The maximum Gasteiger partial charge on any atom is 0.0209 e. The Morgan fingerprint density at radius 2 is 1.92 bits per heavy atom. The van der Waals surface area contributed by atoms with E-state index in [9.17, 15) is 0 Å². The zero-order valence-corrected chi connectivity index (χ0v) is 8.79.